The number of aromatic nitrogens is 1. The number of aromatic carboxylic acids is 1. The van der Waals surface area contributed by atoms with Crippen molar-refractivity contribution in [2.45, 2.75) is 21.1 Å². The van der Waals surface area contributed by atoms with Crippen molar-refractivity contribution in [3.63, 3.8) is 0 Å². The van der Waals surface area contributed by atoms with Gasteiger partial charge in [-0.3, -0.25) is 0 Å². The van der Waals surface area contributed by atoms with Crippen molar-refractivity contribution in [1.29, 1.82) is 0 Å². The number of halogens is 1. The fourth-order valence-corrected chi connectivity index (χ4v) is 3.96. The zero-order chi connectivity index (χ0) is 15.8. The summed E-state index contributed by atoms with van der Waals surface area (Å²) in [6.45, 7) is 1.55. The van der Waals surface area contributed by atoms with E-state index in [9.17, 15) is 17.6 Å². The standard InChI is InChI=1S/C11H9FN2O4S3/c1-5-9(10(15)16)20-11(14-5)19-8-3-2-6(4-7(8)12)21(13,17)18/h2-4H,1H3,(H,15,16)(H2,13,17,18). The Hall–Kier alpha value is -1.49. The van der Waals surface area contributed by atoms with E-state index in [4.69, 9.17) is 10.2 Å². The first kappa shape index (κ1) is 15.9. The average molecular weight is 348 g/mol. The number of carboxylic acid groups (broad SMARTS) is 1. The van der Waals surface area contributed by atoms with Gasteiger partial charge >= 0.3 is 5.97 Å². The molecule has 0 radical (unpaired) electrons. The lowest BCUT2D eigenvalue weighted by atomic mass is 10.3. The Labute approximate surface area is 127 Å². The van der Waals surface area contributed by atoms with Crippen LogP contribution in [0.1, 0.15) is 15.4 Å². The number of nitrogens with zero attached hydrogens (tertiary/aromatic N) is 1. The zero-order valence-corrected chi connectivity index (χ0v) is 13.0. The summed E-state index contributed by atoms with van der Waals surface area (Å²) < 4.78 is 36.4. The van der Waals surface area contributed by atoms with E-state index in [0.29, 0.717) is 10.0 Å². The van der Waals surface area contributed by atoms with E-state index in [1.54, 1.807) is 6.92 Å². The minimum Gasteiger partial charge on any atom is -0.477 e. The normalized spacial score (nSPS) is 11.6. The number of primary sulfonamides is 1. The van der Waals surface area contributed by atoms with Crippen LogP contribution in [0.2, 0.25) is 0 Å². The molecule has 0 aliphatic rings. The predicted octanol–water partition coefficient (Wildman–Crippen LogP) is 2.09. The van der Waals surface area contributed by atoms with Crippen molar-refractivity contribution in [2.75, 3.05) is 0 Å². The molecular weight excluding hydrogens is 339 g/mol. The largest absolute Gasteiger partial charge is 0.477 e. The molecule has 2 rings (SSSR count). The number of hydrogen-bond donors (Lipinski definition) is 2. The molecule has 0 aliphatic heterocycles. The third kappa shape index (κ3) is 3.59. The van der Waals surface area contributed by atoms with Crippen molar-refractivity contribution < 1.29 is 22.7 Å². The number of carbonyl (C=O) groups is 1. The van der Waals surface area contributed by atoms with E-state index in [-0.39, 0.29) is 14.7 Å². The zero-order valence-electron chi connectivity index (χ0n) is 10.5. The van der Waals surface area contributed by atoms with E-state index < -0.39 is 21.8 Å². The molecule has 1 aromatic carbocycles. The number of benzene rings is 1. The molecule has 0 saturated carbocycles. The molecule has 0 unspecified atom stereocenters. The van der Waals surface area contributed by atoms with Gasteiger partial charge < -0.3 is 5.11 Å². The Morgan fingerprint density at radius 2 is 2.14 bits per heavy atom. The second-order valence-corrected chi connectivity index (χ2v) is 7.79. The van der Waals surface area contributed by atoms with Crippen LogP contribution in [-0.2, 0) is 10.0 Å². The first-order valence-corrected chi connectivity index (χ1v) is 8.57. The molecule has 6 nitrogen and oxygen atoms in total. The molecule has 0 atom stereocenters. The van der Waals surface area contributed by atoms with Gasteiger partial charge in [-0.25, -0.2) is 27.7 Å². The van der Waals surface area contributed by atoms with Crippen LogP contribution in [0.15, 0.2) is 32.3 Å². The second kappa shape index (κ2) is 5.72. The summed E-state index contributed by atoms with van der Waals surface area (Å²) >= 11 is 1.84. The molecule has 10 heteroatoms. The Morgan fingerprint density at radius 1 is 1.48 bits per heavy atom. The topological polar surface area (TPSA) is 110 Å². The molecule has 0 fully saturated rings. The van der Waals surface area contributed by atoms with Crippen molar-refractivity contribution in [1.82, 2.24) is 4.98 Å². The first-order chi connectivity index (χ1) is 9.68. The van der Waals surface area contributed by atoms with Gasteiger partial charge in [0.15, 0.2) is 4.34 Å². The van der Waals surface area contributed by atoms with Gasteiger partial charge in [-0.15, -0.1) is 11.3 Å². The molecule has 112 valence electrons. The van der Waals surface area contributed by atoms with Crippen LogP contribution in [0, 0.1) is 12.7 Å². The first-order valence-electron chi connectivity index (χ1n) is 5.39. The summed E-state index contributed by atoms with van der Waals surface area (Å²) in [5.74, 6) is -1.86. The fraction of sp³-hybridized carbons (Fsp3) is 0.0909. The number of hydrogen-bond acceptors (Lipinski definition) is 6. The maximum Gasteiger partial charge on any atom is 0.347 e. The Balaban J connectivity index is 2.32. The molecule has 21 heavy (non-hydrogen) atoms. The molecule has 1 aromatic heterocycles. The lowest BCUT2D eigenvalue weighted by Crippen LogP contribution is -2.12. The van der Waals surface area contributed by atoms with Crippen LogP contribution in [0.3, 0.4) is 0 Å². The highest BCUT2D eigenvalue weighted by molar-refractivity contribution is 8.01. The third-order valence-corrected chi connectivity index (χ3v) is 5.57. The van der Waals surface area contributed by atoms with Crippen LogP contribution in [-0.4, -0.2) is 24.5 Å². The number of rotatable bonds is 4. The molecular formula is C11H9FN2O4S3. The van der Waals surface area contributed by atoms with Gasteiger partial charge in [0.2, 0.25) is 10.0 Å². The van der Waals surface area contributed by atoms with Gasteiger partial charge in [-0.1, -0.05) is 11.8 Å². The monoisotopic (exact) mass is 348 g/mol. The van der Waals surface area contributed by atoms with E-state index in [2.05, 4.69) is 4.98 Å². The molecule has 3 N–H and O–H groups in total. The van der Waals surface area contributed by atoms with Gasteiger partial charge in [0, 0.05) is 0 Å². The molecule has 0 amide bonds. The number of nitrogens with two attached hydrogens (primary N) is 1. The SMILES string of the molecule is Cc1nc(Sc2ccc(S(N)(=O)=O)cc2F)sc1C(=O)O. The highest BCUT2D eigenvalue weighted by Gasteiger charge is 2.17. The number of sulfonamides is 1. The molecule has 0 spiro atoms. The van der Waals surface area contributed by atoms with Gasteiger partial charge in [0.25, 0.3) is 0 Å². The minimum absolute atomic E-state index is 0.0825. The number of carboxylic acids is 1. The van der Waals surface area contributed by atoms with Gasteiger partial charge in [-0.05, 0) is 25.1 Å². The predicted molar refractivity (Wildman–Crippen MR) is 75.7 cm³/mol. The average Bonchev–Trinajstić information content (AvgIpc) is 2.71. The Morgan fingerprint density at radius 3 is 2.62 bits per heavy atom. The highest BCUT2D eigenvalue weighted by atomic mass is 32.2. The van der Waals surface area contributed by atoms with Gasteiger partial charge in [0.1, 0.15) is 10.7 Å². The molecule has 1 heterocycles. The fourth-order valence-electron chi connectivity index (χ4n) is 1.45. The van der Waals surface area contributed by atoms with Gasteiger partial charge in [0.05, 0.1) is 15.5 Å². The van der Waals surface area contributed by atoms with Crippen molar-refractivity contribution in [2.24, 2.45) is 5.14 Å². The maximum absolute atomic E-state index is 13.9. The summed E-state index contributed by atoms with van der Waals surface area (Å²) in [6, 6.07) is 3.26. The summed E-state index contributed by atoms with van der Waals surface area (Å²) in [5, 5.41) is 13.8. The van der Waals surface area contributed by atoms with Crippen LogP contribution >= 0.6 is 23.1 Å². The van der Waals surface area contributed by atoms with Crippen LogP contribution in [0.25, 0.3) is 0 Å². The minimum atomic E-state index is -3.97. The molecule has 0 aliphatic carbocycles. The van der Waals surface area contributed by atoms with E-state index in [1.807, 2.05) is 0 Å². The van der Waals surface area contributed by atoms with Crippen LogP contribution in [0.4, 0.5) is 4.39 Å². The summed E-state index contributed by atoms with van der Waals surface area (Å²) in [4.78, 5) is 14.8. The molecule has 0 saturated heterocycles. The lowest BCUT2D eigenvalue weighted by Gasteiger charge is -2.02. The van der Waals surface area contributed by atoms with Crippen LogP contribution in [0.5, 0.6) is 0 Å². The summed E-state index contributed by atoms with van der Waals surface area (Å²) in [6.07, 6.45) is 0. The smallest absolute Gasteiger partial charge is 0.347 e. The van der Waals surface area contributed by atoms with Crippen LogP contribution < -0.4 is 5.14 Å². The summed E-state index contributed by atoms with van der Waals surface area (Å²) in [7, 11) is -3.97. The number of thiazole rings is 1. The lowest BCUT2D eigenvalue weighted by molar-refractivity contribution is 0.0701. The Kier molecular flexibility index (Phi) is 4.33. The summed E-state index contributed by atoms with van der Waals surface area (Å²) in [5.41, 5.74) is 0.344. The highest BCUT2D eigenvalue weighted by Crippen LogP contribution is 2.34. The molecule has 0 bridgehead atoms. The van der Waals surface area contributed by atoms with Crippen molar-refractivity contribution in [3.8, 4) is 0 Å². The third-order valence-electron chi connectivity index (χ3n) is 2.40. The Bertz CT molecular complexity index is 817. The van der Waals surface area contributed by atoms with E-state index in [1.165, 1.54) is 12.1 Å². The van der Waals surface area contributed by atoms with Gasteiger partial charge in [-0.2, -0.15) is 0 Å². The maximum atomic E-state index is 13.9. The molecule has 2 aromatic rings. The quantitative estimate of drug-likeness (QED) is 0.875. The number of aryl methyl sites for hydroxylation is 1. The van der Waals surface area contributed by atoms with E-state index in [0.717, 1.165) is 29.2 Å². The second-order valence-electron chi connectivity index (χ2n) is 3.94. The van der Waals surface area contributed by atoms with E-state index >= 15 is 0 Å². The van der Waals surface area contributed by atoms with Crippen molar-refractivity contribution >= 4 is 39.1 Å². The van der Waals surface area contributed by atoms with Crippen molar-refractivity contribution in [3.05, 3.63) is 34.6 Å².